The summed E-state index contributed by atoms with van der Waals surface area (Å²) in [5.41, 5.74) is 8.98. The molecule has 0 radical (unpaired) electrons. The number of hydrogen-bond acceptors (Lipinski definition) is 5. The van der Waals surface area contributed by atoms with Gasteiger partial charge in [-0.1, -0.05) is 0 Å². The fourth-order valence-electron chi connectivity index (χ4n) is 2.67. The Morgan fingerprint density at radius 2 is 1.68 bits per heavy atom. The van der Waals surface area contributed by atoms with E-state index in [1.54, 1.807) is 29.3 Å². The molecular formula is C16H19N5O3S. The number of nitrogens with one attached hydrogen (secondary N) is 2. The van der Waals surface area contributed by atoms with Crippen LogP contribution in [0.4, 0.5) is 17.1 Å². The van der Waals surface area contributed by atoms with Crippen LogP contribution in [0.1, 0.15) is 0 Å². The molecule has 3 rings (SSSR count). The highest BCUT2D eigenvalue weighted by molar-refractivity contribution is 7.89. The molecule has 0 aliphatic rings. The highest BCUT2D eigenvalue weighted by Crippen LogP contribution is 2.27. The minimum Gasteiger partial charge on any atom is -0.397 e. The predicted molar refractivity (Wildman–Crippen MR) is 98.5 cm³/mol. The second kappa shape index (κ2) is 5.94. The van der Waals surface area contributed by atoms with Crippen molar-refractivity contribution in [2.45, 2.75) is 4.90 Å². The number of benzene rings is 2. The lowest BCUT2D eigenvalue weighted by Gasteiger charge is -2.12. The Kier molecular flexibility index (Phi) is 4.05. The van der Waals surface area contributed by atoms with Crippen molar-refractivity contribution in [2.75, 3.05) is 18.1 Å². The highest BCUT2D eigenvalue weighted by Gasteiger charge is 2.14. The third-order valence-corrected chi connectivity index (χ3v) is 5.57. The zero-order valence-electron chi connectivity index (χ0n) is 14.1. The normalized spacial score (nSPS) is 11.8. The number of sulfonamides is 1. The zero-order valence-corrected chi connectivity index (χ0v) is 14.9. The van der Waals surface area contributed by atoms with E-state index >= 15 is 0 Å². The van der Waals surface area contributed by atoms with E-state index in [0.717, 1.165) is 11.0 Å². The van der Waals surface area contributed by atoms with Crippen molar-refractivity contribution in [2.24, 2.45) is 14.1 Å². The number of nitrogens with two attached hydrogens (primary N) is 1. The van der Waals surface area contributed by atoms with Crippen molar-refractivity contribution in [1.29, 1.82) is 0 Å². The van der Waals surface area contributed by atoms with Gasteiger partial charge in [-0.15, -0.1) is 0 Å². The molecule has 2 aromatic carbocycles. The molecule has 4 N–H and O–H groups in total. The first-order valence-electron chi connectivity index (χ1n) is 7.50. The molecule has 0 unspecified atom stereocenters. The molecule has 1 aromatic heterocycles. The van der Waals surface area contributed by atoms with Crippen LogP contribution in [-0.2, 0) is 24.1 Å². The minimum absolute atomic E-state index is 0.111. The summed E-state index contributed by atoms with van der Waals surface area (Å²) in [6, 6.07) is 9.88. The molecule has 132 valence electrons. The number of aryl methyl sites for hydroxylation is 2. The van der Waals surface area contributed by atoms with E-state index in [2.05, 4.69) is 10.0 Å². The summed E-state index contributed by atoms with van der Waals surface area (Å²) >= 11 is 0. The Hall–Kier alpha value is -2.78. The molecule has 9 heteroatoms. The number of aromatic nitrogens is 2. The fraction of sp³-hybridized carbons (Fsp3) is 0.188. The molecule has 0 spiro atoms. The Balaban J connectivity index is 2.06. The summed E-state index contributed by atoms with van der Waals surface area (Å²) in [5, 5.41) is 3.12. The van der Waals surface area contributed by atoms with Crippen molar-refractivity contribution in [3.8, 4) is 0 Å². The van der Waals surface area contributed by atoms with Gasteiger partial charge in [0.25, 0.3) is 0 Å². The van der Waals surface area contributed by atoms with Crippen molar-refractivity contribution in [1.82, 2.24) is 13.9 Å². The van der Waals surface area contributed by atoms with Crippen LogP contribution >= 0.6 is 0 Å². The van der Waals surface area contributed by atoms with Crippen molar-refractivity contribution in [3.63, 3.8) is 0 Å². The number of fused-ring (bicyclic) bond motifs is 1. The van der Waals surface area contributed by atoms with Gasteiger partial charge in [0, 0.05) is 19.8 Å². The van der Waals surface area contributed by atoms with Crippen molar-refractivity contribution in [3.05, 3.63) is 46.9 Å². The van der Waals surface area contributed by atoms with Crippen molar-refractivity contribution >= 4 is 38.1 Å². The monoisotopic (exact) mass is 361 g/mol. The van der Waals surface area contributed by atoms with Crippen LogP contribution in [0.3, 0.4) is 0 Å². The largest absolute Gasteiger partial charge is 0.397 e. The summed E-state index contributed by atoms with van der Waals surface area (Å²) in [4.78, 5) is 12.1. The summed E-state index contributed by atoms with van der Waals surface area (Å²) in [6.07, 6.45) is 0. The van der Waals surface area contributed by atoms with Crippen LogP contribution in [0.5, 0.6) is 0 Å². The molecule has 0 saturated heterocycles. The van der Waals surface area contributed by atoms with Gasteiger partial charge in [0.1, 0.15) is 0 Å². The quantitative estimate of drug-likeness (QED) is 0.603. The van der Waals surface area contributed by atoms with E-state index in [4.69, 9.17) is 5.73 Å². The van der Waals surface area contributed by atoms with Gasteiger partial charge >= 0.3 is 5.69 Å². The molecule has 0 aliphatic heterocycles. The van der Waals surface area contributed by atoms with Crippen LogP contribution in [0.15, 0.2) is 46.1 Å². The molecule has 1 heterocycles. The molecule has 8 nitrogen and oxygen atoms in total. The fourth-order valence-corrected chi connectivity index (χ4v) is 3.42. The van der Waals surface area contributed by atoms with Gasteiger partial charge in [-0.3, -0.25) is 9.13 Å². The number of anilines is 3. The lowest BCUT2D eigenvalue weighted by molar-refractivity contribution is 0.588. The van der Waals surface area contributed by atoms with Crippen LogP contribution in [-0.4, -0.2) is 24.6 Å². The van der Waals surface area contributed by atoms with E-state index in [9.17, 15) is 13.2 Å². The lowest BCUT2D eigenvalue weighted by atomic mass is 10.2. The molecular weight excluding hydrogens is 342 g/mol. The van der Waals surface area contributed by atoms with Gasteiger partial charge in [-0.05, 0) is 43.4 Å². The molecule has 0 amide bonds. The Bertz CT molecular complexity index is 1130. The molecule has 0 saturated carbocycles. The van der Waals surface area contributed by atoms with E-state index in [1.807, 2.05) is 12.1 Å². The standard InChI is InChI=1S/C16H19N5O3S/c1-18-25(23,24)11-5-6-12(17)13(9-11)19-10-4-7-14-15(8-10)21(3)16(22)20(14)2/h4-9,18-19H,17H2,1-3H3. The number of hydrogen-bond donors (Lipinski definition) is 3. The van der Waals surface area contributed by atoms with Gasteiger partial charge in [-0.25, -0.2) is 17.9 Å². The Labute approximate surface area is 144 Å². The Morgan fingerprint density at radius 1 is 1.00 bits per heavy atom. The van der Waals surface area contributed by atoms with Gasteiger partial charge in [0.05, 0.1) is 27.3 Å². The van der Waals surface area contributed by atoms with Crippen LogP contribution in [0.25, 0.3) is 11.0 Å². The summed E-state index contributed by atoms with van der Waals surface area (Å²) < 4.78 is 29.3. The van der Waals surface area contributed by atoms with Gasteiger partial charge < -0.3 is 11.1 Å². The third kappa shape index (κ3) is 2.87. The number of imidazole rings is 1. The number of nitrogens with zero attached hydrogens (tertiary/aromatic N) is 2. The average molecular weight is 361 g/mol. The predicted octanol–water partition coefficient (Wildman–Crippen LogP) is 1.11. The lowest BCUT2D eigenvalue weighted by Crippen LogP contribution is -2.19. The average Bonchev–Trinajstić information content (AvgIpc) is 2.81. The highest BCUT2D eigenvalue weighted by atomic mass is 32.2. The van der Waals surface area contributed by atoms with E-state index in [1.165, 1.54) is 25.2 Å². The van der Waals surface area contributed by atoms with Gasteiger partial charge in [-0.2, -0.15) is 0 Å². The zero-order chi connectivity index (χ0) is 18.4. The molecule has 0 bridgehead atoms. The number of nitrogen functional groups attached to an aromatic ring is 1. The molecule has 25 heavy (non-hydrogen) atoms. The van der Waals surface area contributed by atoms with Crippen LogP contribution < -0.4 is 21.5 Å². The van der Waals surface area contributed by atoms with Crippen molar-refractivity contribution < 1.29 is 8.42 Å². The first-order chi connectivity index (χ1) is 11.7. The SMILES string of the molecule is CNS(=O)(=O)c1ccc(N)c(Nc2ccc3c(c2)n(C)c(=O)n3C)c1. The molecule has 0 fully saturated rings. The first kappa shape index (κ1) is 17.1. The minimum atomic E-state index is -3.57. The summed E-state index contributed by atoms with van der Waals surface area (Å²) in [6.45, 7) is 0. The van der Waals surface area contributed by atoms with E-state index < -0.39 is 10.0 Å². The molecule has 0 atom stereocenters. The first-order valence-corrected chi connectivity index (χ1v) is 8.98. The van der Waals surface area contributed by atoms with E-state index in [0.29, 0.717) is 17.1 Å². The summed E-state index contributed by atoms with van der Waals surface area (Å²) in [5.74, 6) is 0. The second-order valence-corrected chi connectivity index (χ2v) is 7.57. The third-order valence-electron chi connectivity index (χ3n) is 4.15. The Morgan fingerprint density at radius 3 is 2.36 bits per heavy atom. The molecule has 3 aromatic rings. The summed E-state index contributed by atoms with van der Waals surface area (Å²) in [7, 11) is 1.19. The van der Waals surface area contributed by atoms with Gasteiger partial charge in [0.2, 0.25) is 10.0 Å². The van der Waals surface area contributed by atoms with E-state index in [-0.39, 0.29) is 10.6 Å². The smallest absolute Gasteiger partial charge is 0.328 e. The van der Waals surface area contributed by atoms with Crippen LogP contribution in [0, 0.1) is 0 Å². The number of rotatable bonds is 4. The van der Waals surface area contributed by atoms with Gasteiger partial charge in [0.15, 0.2) is 0 Å². The maximum Gasteiger partial charge on any atom is 0.328 e. The maximum absolute atomic E-state index is 12.0. The molecule has 0 aliphatic carbocycles. The second-order valence-electron chi connectivity index (χ2n) is 5.69. The maximum atomic E-state index is 12.0. The topological polar surface area (TPSA) is 111 Å². The van der Waals surface area contributed by atoms with Crippen LogP contribution in [0.2, 0.25) is 0 Å².